The molecule has 0 saturated carbocycles. The Labute approximate surface area is 183 Å². The first-order valence-corrected chi connectivity index (χ1v) is 10.5. The summed E-state index contributed by atoms with van der Waals surface area (Å²) in [7, 11) is 5.29. The normalized spacial score (nSPS) is 15.7. The molecule has 1 N–H and O–H groups in total. The number of ether oxygens (including phenoxy) is 2. The van der Waals surface area contributed by atoms with Crippen LogP contribution in [0.2, 0.25) is 0 Å². The molecule has 2 heterocycles. The summed E-state index contributed by atoms with van der Waals surface area (Å²) in [6, 6.07) is 14.0. The van der Waals surface area contributed by atoms with Crippen molar-refractivity contribution in [2.45, 2.75) is 12.6 Å². The molecule has 0 radical (unpaired) electrons. The summed E-state index contributed by atoms with van der Waals surface area (Å²) >= 11 is 0. The predicted octanol–water partition coefficient (Wildman–Crippen LogP) is 2.84. The molecule has 4 rings (SSSR count). The summed E-state index contributed by atoms with van der Waals surface area (Å²) < 4.78 is 13.0. The maximum Gasteiger partial charge on any atom is 0.142 e. The number of aryl methyl sites for hydroxylation is 1. The number of aliphatic hydroxyl groups is 1. The lowest BCUT2D eigenvalue weighted by molar-refractivity contribution is 0.205. The number of piperazine rings is 1. The van der Waals surface area contributed by atoms with Crippen molar-refractivity contribution in [3.05, 3.63) is 71.8 Å². The van der Waals surface area contributed by atoms with Gasteiger partial charge in [-0.1, -0.05) is 24.3 Å². The zero-order chi connectivity index (χ0) is 21.8. The lowest BCUT2D eigenvalue weighted by Crippen LogP contribution is -2.46. The molecule has 1 unspecified atom stereocenters. The first-order chi connectivity index (χ1) is 15.1. The highest BCUT2D eigenvalue weighted by molar-refractivity contribution is 5.56. The van der Waals surface area contributed by atoms with Gasteiger partial charge in [0.2, 0.25) is 0 Å². The second-order valence-corrected chi connectivity index (χ2v) is 7.76. The molecule has 164 valence electrons. The van der Waals surface area contributed by atoms with Crippen molar-refractivity contribution in [3.8, 4) is 11.5 Å². The maximum atomic E-state index is 11.0. The lowest BCUT2D eigenvalue weighted by Gasteiger charge is -2.37. The van der Waals surface area contributed by atoms with Crippen molar-refractivity contribution < 1.29 is 14.6 Å². The van der Waals surface area contributed by atoms with Crippen LogP contribution in [0.5, 0.6) is 11.5 Å². The van der Waals surface area contributed by atoms with E-state index >= 15 is 0 Å². The Hall–Kier alpha value is -3.03. The third-order valence-electron chi connectivity index (χ3n) is 5.96. The number of aromatic nitrogens is 2. The van der Waals surface area contributed by atoms with Gasteiger partial charge in [-0.2, -0.15) is 0 Å². The standard InChI is InChI=1S/C24H30N4O3/c1-26-12-11-25-24(26)23(29)18-7-4-5-8-20(18)28-15-13-27(14-16-28)17-19-21(30-2)9-6-10-22(19)31-3/h4-12,23,29H,13-17H2,1-3H3. The van der Waals surface area contributed by atoms with E-state index in [1.165, 1.54) is 0 Å². The van der Waals surface area contributed by atoms with E-state index in [1.54, 1.807) is 20.4 Å². The van der Waals surface area contributed by atoms with Crippen LogP contribution in [-0.4, -0.2) is 60.0 Å². The second-order valence-electron chi connectivity index (χ2n) is 7.76. The van der Waals surface area contributed by atoms with Gasteiger partial charge in [0, 0.05) is 63.4 Å². The number of methoxy groups -OCH3 is 2. The summed E-state index contributed by atoms with van der Waals surface area (Å²) in [5.41, 5.74) is 3.02. The van der Waals surface area contributed by atoms with E-state index in [-0.39, 0.29) is 0 Å². The van der Waals surface area contributed by atoms with Crippen LogP contribution in [0.1, 0.15) is 23.1 Å². The second kappa shape index (κ2) is 9.41. The topological polar surface area (TPSA) is 63.0 Å². The molecule has 7 nitrogen and oxygen atoms in total. The Kier molecular flexibility index (Phi) is 6.44. The number of benzene rings is 2. The summed E-state index contributed by atoms with van der Waals surface area (Å²) in [4.78, 5) is 9.09. The minimum absolute atomic E-state index is 0.648. The molecule has 1 aliphatic rings. The number of hydrogen-bond acceptors (Lipinski definition) is 6. The highest BCUT2D eigenvalue weighted by Gasteiger charge is 2.25. The average molecular weight is 423 g/mol. The third-order valence-corrected chi connectivity index (χ3v) is 5.96. The number of aliphatic hydroxyl groups excluding tert-OH is 1. The van der Waals surface area contributed by atoms with Gasteiger partial charge >= 0.3 is 0 Å². The summed E-state index contributed by atoms with van der Waals surface area (Å²) in [5, 5.41) is 11.0. The van der Waals surface area contributed by atoms with Crippen LogP contribution in [0.4, 0.5) is 5.69 Å². The van der Waals surface area contributed by atoms with E-state index in [9.17, 15) is 5.11 Å². The van der Waals surface area contributed by atoms with Gasteiger partial charge in [0.15, 0.2) is 0 Å². The largest absolute Gasteiger partial charge is 0.496 e. The van der Waals surface area contributed by atoms with Crippen molar-refractivity contribution in [1.29, 1.82) is 0 Å². The number of rotatable bonds is 7. The molecule has 1 saturated heterocycles. The number of imidazole rings is 1. The van der Waals surface area contributed by atoms with Crippen LogP contribution in [0.3, 0.4) is 0 Å². The van der Waals surface area contributed by atoms with E-state index in [2.05, 4.69) is 20.9 Å². The Morgan fingerprint density at radius 3 is 2.26 bits per heavy atom. The zero-order valence-electron chi connectivity index (χ0n) is 18.4. The van der Waals surface area contributed by atoms with Crippen molar-refractivity contribution in [3.63, 3.8) is 0 Å². The summed E-state index contributed by atoms with van der Waals surface area (Å²) in [6.45, 7) is 4.35. The van der Waals surface area contributed by atoms with Crippen LogP contribution < -0.4 is 14.4 Å². The SMILES string of the molecule is COc1cccc(OC)c1CN1CCN(c2ccccc2C(O)c2nccn2C)CC1. The highest BCUT2D eigenvalue weighted by atomic mass is 16.5. The lowest BCUT2D eigenvalue weighted by atomic mass is 10.0. The number of nitrogens with zero attached hydrogens (tertiary/aromatic N) is 4. The molecule has 3 aromatic rings. The van der Waals surface area contributed by atoms with Gasteiger partial charge < -0.3 is 24.0 Å². The molecule has 2 aromatic carbocycles. The molecule has 7 heteroatoms. The molecule has 1 atom stereocenters. The fourth-order valence-electron chi connectivity index (χ4n) is 4.24. The minimum Gasteiger partial charge on any atom is -0.496 e. The minimum atomic E-state index is -0.757. The molecule has 0 amide bonds. The van der Waals surface area contributed by atoms with Crippen LogP contribution >= 0.6 is 0 Å². The summed E-state index contributed by atoms with van der Waals surface area (Å²) in [5.74, 6) is 2.35. The fourth-order valence-corrected chi connectivity index (χ4v) is 4.24. The molecule has 1 aliphatic heterocycles. The molecule has 31 heavy (non-hydrogen) atoms. The Morgan fingerprint density at radius 2 is 1.65 bits per heavy atom. The van der Waals surface area contributed by atoms with Gasteiger partial charge in [-0.05, 0) is 18.2 Å². The number of para-hydroxylation sites is 1. The number of hydrogen-bond donors (Lipinski definition) is 1. The average Bonchev–Trinajstić information content (AvgIpc) is 3.25. The van der Waals surface area contributed by atoms with Crippen molar-refractivity contribution >= 4 is 5.69 Å². The van der Waals surface area contributed by atoms with E-state index in [4.69, 9.17) is 9.47 Å². The quantitative estimate of drug-likeness (QED) is 0.632. The summed E-state index contributed by atoms with van der Waals surface area (Å²) in [6.07, 6.45) is 2.81. The molecule has 0 aliphatic carbocycles. The number of anilines is 1. The molecule has 1 fully saturated rings. The Morgan fingerprint density at radius 1 is 0.968 bits per heavy atom. The molecule has 1 aromatic heterocycles. The predicted molar refractivity (Wildman–Crippen MR) is 121 cm³/mol. The van der Waals surface area contributed by atoms with E-state index in [0.29, 0.717) is 5.82 Å². The zero-order valence-corrected chi connectivity index (χ0v) is 18.4. The van der Waals surface area contributed by atoms with Gasteiger partial charge in [0.05, 0.1) is 19.8 Å². The fraction of sp³-hybridized carbons (Fsp3) is 0.375. The first kappa shape index (κ1) is 21.2. The van der Waals surface area contributed by atoms with E-state index in [1.807, 2.05) is 54.2 Å². The van der Waals surface area contributed by atoms with Gasteiger partial charge in [-0.15, -0.1) is 0 Å². The van der Waals surface area contributed by atoms with Crippen LogP contribution in [0.25, 0.3) is 0 Å². The van der Waals surface area contributed by atoms with Gasteiger partial charge in [-0.3, -0.25) is 4.90 Å². The first-order valence-electron chi connectivity index (χ1n) is 10.5. The van der Waals surface area contributed by atoms with Gasteiger partial charge in [0.1, 0.15) is 23.4 Å². The Bertz CT molecular complexity index is 989. The molecule has 0 bridgehead atoms. The van der Waals surface area contributed by atoms with Crippen molar-refractivity contribution in [2.24, 2.45) is 7.05 Å². The van der Waals surface area contributed by atoms with Crippen LogP contribution in [-0.2, 0) is 13.6 Å². The maximum absolute atomic E-state index is 11.0. The highest BCUT2D eigenvalue weighted by Crippen LogP contribution is 2.32. The van der Waals surface area contributed by atoms with Crippen LogP contribution in [0, 0.1) is 0 Å². The Balaban J connectivity index is 1.48. The molecule has 0 spiro atoms. The van der Waals surface area contributed by atoms with E-state index in [0.717, 1.165) is 61.0 Å². The van der Waals surface area contributed by atoms with Gasteiger partial charge in [0.25, 0.3) is 0 Å². The van der Waals surface area contributed by atoms with Crippen LogP contribution in [0.15, 0.2) is 54.9 Å². The van der Waals surface area contributed by atoms with Gasteiger partial charge in [-0.25, -0.2) is 4.98 Å². The van der Waals surface area contributed by atoms with Crippen molar-refractivity contribution in [2.75, 3.05) is 45.3 Å². The smallest absolute Gasteiger partial charge is 0.142 e. The molecular weight excluding hydrogens is 392 g/mol. The van der Waals surface area contributed by atoms with E-state index < -0.39 is 6.10 Å². The third kappa shape index (κ3) is 4.38. The monoisotopic (exact) mass is 422 g/mol. The van der Waals surface area contributed by atoms with Crippen molar-refractivity contribution in [1.82, 2.24) is 14.5 Å². The molecular formula is C24H30N4O3.